The monoisotopic (exact) mass is 413 g/mol. The molecule has 0 saturated carbocycles. The van der Waals surface area contributed by atoms with Crippen LogP contribution in [0.15, 0.2) is 49.1 Å². The van der Waals surface area contributed by atoms with Crippen LogP contribution in [0.3, 0.4) is 0 Å². The molecule has 4 rings (SSSR count). The van der Waals surface area contributed by atoms with Gasteiger partial charge in [0.25, 0.3) is 0 Å². The fraction of sp³-hybridized carbons (Fsp3) is 0.409. The first-order valence-corrected chi connectivity index (χ1v) is 9.83. The molecule has 1 spiro atoms. The van der Waals surface area contributed by atoms with Crippen LogP contribution in [0.1, 0.15) is 12.5 Å². The van der Waals surface area contributed by atoms with Gasteiger partial charge in [0.05, 0.1) is 17.4 Å². The zero-order valence-corrected chi connectivity index (χ0v) is 16.9. The second-order valence-electron chi connectivity index (χ2n) is 8.07. The lowest BCUT2D eigenvalue weighted by molar-refractivity contribution is -0.144. The van der Waals surface area contributed by atoms with Crippen LogP contribution < -0.4 is 10.6 Å². The number of hydrogen-bond acceptors (Lipinski definition) is 4. The van der Waals surface area contributed by atoms with E-state index in [4.69, 9.17) is 4.74 Å². The van der Waals surface area contributed by atoms with Crippen LogP contribution >= 0.6 is 0 Å². The summed E-state index contributed by atoms with van der Waals surface area (Å²) in [5, 5.41) is 5.44. The van der Waals surface area contributed by atoms with E-state index < -0.39 is 35.0 Å². The lowest BCUT2D eigenvalue weighted by Gasteiger charge is -2.32. The van der Waals surface area contributed by atoms with E-state index in [9.17, 15) is 18.8 Å². The van der Waals surface area contributed by atoms with Crippen molar-refractivity contribution in [3.63, 3.8) is 0 Å². The average molecular weight is 413 g/mol. The van der Waals surface area contributed by atoms with E-state index in [2.05, 4.69) is 17.2 Å². The van der Waals surface area contributed by atoms with Gasteiger partial charge in [-0.2, -0.15) is 0 Å². The van der Waals surface area contributed by atoms with Crippen molar-refractivity contribution in [3.05, 3.63) is 60.5 Å². The number of amides is 3. The van der Waals surface area contributed by atoms with Gasteiger partial charge in [-0.15, -0.1) is 6.58 Å². The quantitative estimate of drug-likeness (QED) is 0.679. The number of rotatable bonds is 6. The Kier molecular flexibility index (Phi) is 4.77. The third kappa shape index (κ3) is 2.78. The molecule has 0 aromatic heterocycles. The lowest BCUT2D eigenvalue weighted by atomic mass is 9.70. The van der Waals surface area contributed by atoms with Gasteiger partial charge in [0, 0.05) is 20.1 Å². The number of halogens is 1. The van der Waals surface area contributed by atoms with Crippen molar-refractivity contribution in [2.45, 2.75) is 30.7 Å². The van der Waals surface area contributed by atoms with E-state index >= 15 is 0 Å². The largest absolute Gasteiger partial charge is 0.359 e. The van der Waals surface area contributed by atoms with Gasteiger partial charge < -0.3 is 20.3 Å². The number of carbonyl (C=O) groups excluding carboxylic acids is 3. The first-order valence-electron chi connectivity index (χ1n) is 9.83. The minimum atomic E-state index is -1.22. The Hall–Kier alpha value is -3.00. The number of ether oxygens (including phenoxy) is 1. The number of benzene rings is 1. The molecule has 0 radical (unpaired) electrons. The summed E-state index contributed by atoms with van der Waals surface area (Å²) >= 11 is 0. The standard InChI is InChI=1S/C22H24FN3O4/c1-4-11-26-17(19(28)25-12-13-5-7-14(23)8-6-13)22-10-9-21(2,30-22)15(18(27)24-3)16(22)20(26)29/h4-10,15-17H,1,11-12H2,2-3H3,(H,24,27)(H,25,28)/t15-,16-,17+,21+,22-/m1/s1. The number of fused-ring (bicyclic) bond motifs is 1. The summed E-state index contributed by atoms with van der Waals surface area (Å²) in [4.78, 5) is 40.6. The molecule has 1 aromatic carbocycles. The highest BCUT2D eigenvalue weighted by Crippen LogP contribution is 2.59. The molecule has 158 valence electrons. The molecule has 2 N–H and O–H groups in total. The average Bonchev–Trinajstić information content (AvgIpc) is 3.28. The lowest BCUT2D eigenvalue weighted by Crippen LogP contribution is -2.54. The molecule has 7 nitrogen and oxygen atoms in total. The maximum Gasteiger partial charge on any atom is 0.246 e. The highest BCUT2D eigenvalue weighted by Gasteiger charge is 2.75. The molecule has 2 bridgehead atoms. The second kappa shape index (κ2) is 7.05. The number of hydrogen-bond donors (Lipinski definition) is 2. The van der Waals surface area contributed by atoms with Crippen molar-refractivity contribution in [1.29, 1.82) is 0 Å². The summed E-state index contributed by atoms with van der Waals surface area (Å²) in [7, 11) is 1.52. The van der Waals surface area contributed by atoms with Crippen LogP contribution in [0.4, 0.5) is 4.39 Å². The normalized spacial score (nSPS) is 33.5. The molecule has 0 unspecified atom stereocenters. The molecule has 3 aliphatic rings. The van der Waals surface area contributed by atoms with Crippen molar-refractivity contribution in [1.82, 2.24) is 15.5 Å². The van der Waals surface area contributed by atoms with Crippen LogP contribution in [0, 0.1) is 17.7 Å². The Balaban J connectivity index is 1.66. The number of nitrogens with zero attached hydrogens (tertiary/aromatic N) is 1. The van der Waals surface area contributed by atoms with Gasteiger partial charge in [0.1, 0.15) is 17.5 Å². The number of nitrogens with one attached hydrogen (secondary N) is 2. The molecule has 0 aliphatic carbocycles. The van der Waals surface area contributed by atoms with Gasteiger partial charge in [-0.3, -0.25) is 14.4 Å². The van der Waals surface area contributed by atoms with Gasteiger partial charge in [-0.05, 0) is 24.6 Å². The molecule has 5 atom stereocenters. The Labute approximate surface area is 173 Å². The Morgan fingerprint density at radius 3 is 2.60 bits per heavy atom. The third-order valence-corrected chi connectivity index (χ3v) is 6.28. The minimum Gasteiger partial charge on any atom is -0.359 e. The van der Waals surface area contributed by atoms with Crippen LogP contribution in [0.2, 0.25) is 0 Å². The fourth-order valence-electron chi connectivity index (χ4n) is 5.01. The Morgan fingerprint density at radius 1 is 1.27 bits per heavy atom. The van der Waals surface area contributed by atoms with E-state index in [1.165, 1.54) is 24.1 Å². The van der Waals surface area contributed by atoms with E-state index in [0.717, 1.165) is 5.56 Å². The fourth-order valence-corrected chi connectivity index (χ4v) is 5.01. The minimum absolute atomic E-state index is 0.153. The molecule has 3 amide bonds. The van der Waals surface area contributed by atoms with Crippen LogP contribution in [0.25, 0.3) is 0 Å². The number of likely N-dealkylation sites (tertiary alicyclic amines) is 1. The van der Waals surface area contributed by atoms with E-state index in [0.29, 0.717) is 0 Å². The SMILES string of the molecule is C=CCN1C(=O)[C@H]2[C@H](C(=O)NC)[C@]3(C)C=C[C@]2(O3)[C@@H]1C(=O)NCc1ccc(F)cc1. The van der Waals surface area contributed by atoms with Gasteiger partial charge in [0.15, 0.2) is 0 Å². The Morgan fingerprint density at radius 2 is 1.97 bits per heavy atom. The van der Waals surface area contributed by atoms with Gasteiger partial charge in [-0.1, -0.05) is 30.4 Å². The van der Waals surface area contributed by atoms with Crippen molar-refractivity contribution < 1.29 is 23.5 Å². The van der Waals surface area contributed by atoms with Crippen molar-refractivity contribution in [2.24, 2.45) is 11.8 Å². The molecule has 3 heterocycles. The van der Waals surface area contributed by atoms with Crippen molar-refractivity contribution in [2.75, 3.05) is 13.6 Å². The third-order valence-electron chi connectivity index (χ3n) is 6.28. The maximum absolute atomic E-state index is 13.3. The first kappa shape index (κ1) is 20.3. The smallest absolute Gasteiger partial charge is 0.246 e. The van der Waals surface area contributed by atoms with Crippen LogP contribution in [0.5, 0.6) is 0 Å². The molecule has 8 heteroatoms. The Bertz CT molecular complexity index is 946. The van der Waals surface area contributed by atoms with Gasteiger partial charge in [-0.25, -0.2) is 4.39 Å². The molecule has 2 saturated heterocycles. The van der Waals surface area contributed by atoms with Gasteiger partial charge >= 0.3 is 0 Å². The zero-order valence-electron chi connectivity index (χ0n) is 16.9. The summed E-state index contributed by atoms with van der Waals surface area (Å²) in [6, 6.07) is 4.86. The van der Waals surface area contributed by atoms with Crippen molar-refractivity contribution >= 4 is 17.7 Å². The molecular weight excluding hydrogens is 389 g/mol. The highest BCUT2D eigenvalue weighted by atomic mass is 19.1. The predicted octanol–water partition coefficient (Wildman–Crippen LogP) is 0.915. The highest BCUT2D eigenvalue weighted by molar-refractivity contribution is 6.00. The maximum atomic E-state index is 13.3. The van der Waals surface area contributed by atoms with Crippen LogP contribution in [-0.4, -0.2) is 53.5 Å². The van der Waals surface area contributed by atoms with E-state index in [1.54, 1.807) is 37.3 Å². The topological polar surface area (TPSA) is 87.7 Å². The molecule has 1 aromatic rings. The molecule has 30 heavy (non-hydrogen) atoms. The first-order chi connectivity index (χ1) is 14.3. The van der Waals surface area contributed by atoms with E-state index in [-0.39, 0.29) is 30.7 Å². The summed E-state index contributed by atoms with van der Waals surface area (Å²) in [5.41, 5.74) is -1.46. The second-order valence-corrected chi connectivity index (χ2v) is 8.07. The zero-order chi connectivity index (χ0) is 21.7. The van der Waals surface area contributed by atoms with Crippen molar-refractivity contribution in [3.8, 4) is 0 Å². The van der Waals surface area contributed by atoms with E-state index in [1.807, 2.05) is 0 Å². The van der Waals surface area contributed by atoms with Crippen LogP contribution in [-0.2, 0) is 25.7 Å². The molecule has 2 fully saturated rings. The number of carbonyl (C=O) groups is 3. The summed E-state index contributed by atoms with van der Waals surface area (Å²) in [6.45, 7) is 5.78. The molecular formula is C22H24FN3O4. The summed E-state index contributed by atoms with van der Waals surface area (Å²) in [5.74, 6) is -2.90. The summed E-state index contributed by atoms with van der Waals surface area (Å²) in [6.07, 6.45) is 5.07. The summed E-state index contributed by atoms with van der Waals surface area (Å²) < 4.78 is 19.4. The molecule has 3 aliphatic heterocycles. The predicted molar refractivity (Wildman–Crippen MR) is 106 cm³/mol. The van der Waals surface area contributed by atoms with Gasteiger partial charge in [0.2, 0.25) is 17.7 Å².